The zero-order chi connectivity index (χ0) is 16.3. The fourth-order valence-corrected chi connectivity index (χ4v) is 1.95. The van der Waals surface area contributed by atoms with Gasteiger partial charge in [-0.25, -0.2) is 9.18 Å². The Morgan fingerprint density at radius 2 is 1.64 bits per heavy atom. The predicted octanol–water partition coefficient (Wildman–Crippen LogP) is 4.26. The van der Waals surface area contributed by atoms with Crippen molar-refractivity contribution in [1.29, 1.82) is 0 Å². The fourth-order valence-electron chi connectivity index (χ4n) is 1.95. The summed E-state index contributed by atoms with van der Waals surface area (Å²) in [5.41, 5.74) is 1.17. The largest absolute Gasteiger partial charge is 0.456 e. The molecule has 0 aliphatic carbocycles. The van der Waals surface area contributed by atoms with E-state index in [0.717, 1.165) is 11.8 Å². The topological polar surface area (TPSA) is 43.4 Å². The van der Waals surface area contributed by atoms with Gasteiger partial charge in [0.05, 0.1) is 5.56 Å². The maximum atomic E-state index is 14.1. The number of carbonyl (C=O) groups excluding carboxylic acids is 2. The number of ether oxygens (including phenoxy) is 1. The quantitative estimate of drug-likeness (QED) is 0.628. The van der Waals surface area contributed by atoms with Crippen LogP contribution in [0.25, 0.3) is 11.1 Å². The lowest BCUT2D eigenvalue weighted by Gasteiger charge is -2.19. The summed E-state index contributed by atoms with van der Waals surface area (Å²) in [4.78, 5) is 22.5. The van der Waals surface area contributed by atoms with Gasteiger partial charge in [-0.3, -0.25) is 4.79 Å². The van der Waals surface area contributed by atoms with Crippen molar-refractivity contribution in [1.82, 2.24) is 0 Å². The Hall–Kier alpha value is -2.49. The molecule has 4 heteroatoms. The molecule has 0 saturated carbocycles. The Balaban J connectivity index is 2.29. The van der Waals surface area contributed by atoms with Crippen molar-refractivity contribution in [2.75, 3.05) is 0 Å². The van der Waals surface area contributed by atoms with Gasteiger partial charge < -0.3 is 4.74 Å². The molecule has 0 fully saturated rings. The molecule has 0 heterocycles. The molecule has 2 aromatic carbocycles. The van der Waals surface area contributed by atoms with E-state index >= 15 is 0 Å². The number of rotatable bonds is 3. The molecule has 0 aromatic heterocycles. The van der Waals surface area contributed by atoms with Gasteiger partial charge in [-0.15, -0.1) is 0 Å². The minimum Gasteiger partial charge on any atom is -0.456 e. The number of halogens is 1. The van der Waals surface area contributed by atoms with E-state index in [0.29, 0.717) is 11.1 Å². The third-order valence-corrected chi connectivity index (χ3v) is 2.97. The van der Waals surface area contributed by atoms with Crippen molar-refractivity contribution >= 4 is 12.3 Å². The van der Waals surface area contributed by atoms with E-state index in [9.17, 15) is 14.0 Å². The SMILES string of the molecule is CC(C)(C)OC(=O)c1ccc(-c2ccc(C=O)cc2)cc1F. The van der Waals surface area contributed by atoms with Gasteiger partial charge in [0.15, 0.2) is 0 Å². The first-order valence-corrected chi connectivity index (χ1v) is 6.89. The van der Waals surface area contributed by atoms with E-state index in [1.54, 1.807) is 51.1 Å². The van der Waals surface area contributed by atoms with Gasteiger partial charge in [0, 0.05) is 5.56 Å². The van der Waals surface area contributed by atoms with Crippen molar-refractivity contribution in [2.45, 2.75) is 26.4 Å². The first-order valence-electron chi connectivity index (χ1n) is 6.89. The maximum Gasteiger partial charge on any atom is 0.341 e. The van der Waals surface area contributed by atoms with Crippen LogP contribution >= 0.6 is 0 Å². The van der Waals surface area contributed by atoms with E-state index in [4.69, 9.17) is 4.74 Å². The van der Waals surface area contributed by atoms with Gasteiger partial charge in [-0.2, -0.15) is 0 Å². The van der Waals surface area contributed by atoms with Crippen molar-refractivity contribution in [2.24, 2.45) is 0 Å². The van der Waals surface area contributed by atoms with Crippen LogP contribution in [-0.4, -0.2) is 17.9 Å². The molecular formula is C18H17FO3. The number of hydrogen-bond donors (Lipinski definition) is 0. The lowest BCUT2D eigenvalue weighted by atomic mass is 10.0. The fraction of sp³-hybridized carbons (Fsp3) is 0.222. The Bertz CT molecular complexity index is 697. The standard InChI is InChI=1S/C18H17FO3/c1-18(2,3)22-17(21)15-9-8-14(10-16(15)19)13-6-4-12(11-20)5-7-13/h4-11H,1-3H3. The third-order valence-electron chi connectivity index (χ3n) is 2.97. The lowest BCUT2D eigenvalue weighted by molar-refractivity contribution is 0.00647. The van der Waals surface area contributed by atoms with Crippen LogP contribution in [0.1, 0.15) is 41.5 Å². The lowest BCUT2D eigenvalue weighted by Crippen LogP contribution is -2.24. The maximum absolute atomic E-state index is 14.1. The highest BCUT2D eigenvalue weighted by Crippen LogP contribution is 2.23. The second-order valence-corrected chi connectivity index (χ2v) is 5.94. The first-order chi connectivity index (χ1) is 10.3. The van der Waals surface area contributed by atoms with Gasteiger partial charge >= 0.3 is 5.97 Å². The molecule has 0 bridgehead atoms. The molecule has 0 N–H and O–H groups in total. The van der Waals surface area contributed by atoms with Crippen LogP contribution in [0.3, 0.4) is 0 Å². The zero-order valence-corrected chi connectivity index (χ0v) is 12.7. The molecule has 22 heavy (non-hydrogen) atoms. The third kappa shape index (κ3) is 3.79. The van der Waals surface area contributed by atoms with Crippen LogP contribution in [0.4, 0.5) is 4.39 Å². The summed E-state index contributed by atoms with van der Waals surface area (Å²) in [6, 6.07) is 11.1. The van der Waals surface area contributed by atoms with Crippen molar-refractivity contribution < 1.29 is 18.7 Å². The molecule has 0 aliphatic heterocycles. The minimum absolute atomic E-state index is 0.0943. The second-order valence-electron chi connectivity index (χ2n) is 5.94. The number of aldehydes is 1. The summed E-state index contributed by atoms with van der Waals surface area (Å²) < 4.78 is 19.3. The summed E-state index contributed by atoms with van der Waals surface area (Å²) >= 11 is 0. The molecule has 3 nitrogen and oxygen atoms in total. The predicted molar refractivity (Wildman–Crippen MR) is 82.4 cm³/mol. The van der Waals surface area contributed by atoms with E-state index in [-0.39, 0.29) is 5.56 Å². The van der Waals surface area contributed by atoms with Gasteiger partial charge in [0.1, 0.15) is 17.7 Å². The molecular weight excluding hydrogens is 283 g/mol. The molecule has 114 valence electrons. The van der Waals surface area contributed by atoms with E-state index < -0.39 is 17.4 Å². The highest BCUT2D eigenvalue weighted by molar-refractivity contribution is 5.90. The van der Waals surface area contributed by atoms with Gasteiger partial charge in [-0.05, 0) is 44.0 Å². The summed E-state index contributed by atoms with van der Waals surface area (Å²) in [5.74, 6) is -1.32. The second kappa shape index (κ2) is 6.10. The number of esters is 1. The Morgan fingerprint density at radius 3 is 2.14 bits per heavy atom. The molecule has 0 spiro atoms. The molecule has 0 amide bonds. The average molecular weight is 300 g/mol. The van der Waals surface area contributed by atoms with Gasteiger partial charge in [0.25, 0.3) is 0 Å². The van der Waals surface area contributed by atoms with Crippen molar-refractivity contribution in [3.05, 3.63) is 59.4 Å². The van der Waals surface area contributed by atoms with E-state index in [2.05, 4.69) is 0 Å². The average Bonchev–Trinajstić information content (AvgIpc) is 2.45. The molecule has 2 rings (SSSR count). The van der Waals surface area contributed by atoms with Crippen LogP contribution in [0.2, 0.25) is 0 Å². The highest BCUT2D eigenvalue weighted by Gasteiger charge is 2.20. The van der Waals surface area contributed by atoms with Gasteiger partial charge in [0.2, 0.25) is 0 Å². The normalized spacial score (nSPS) is 11.1. The van der Waals surface area contributed by atoms with Crippen LogP contribution in [-0.2, 0) is 4.74 Å². The summed E-state index contributed by atoms with van der Waals surface area (Å²) in [7, 11) is 0. The first kappa shape index (κ1) is 15.9. The van der Waals surface area contributed by atoms with Crippen LogP contribution < -0.4 is 0 Å². The monoisotopic (exact) mass is 300 g/mol. The van der Waals surface area contributed by atoms with Crippen LogP contribution in [0.5, 0.6) is 0 Å². The van der Waals surface area contributed by atoms with Crippen LogP contribution in [0, 0.1) is 5.82 Å². The molecule has 0 saturated heterocycles. The Labute approximate surface area is 128 Å². The summed E-state index contributed by atoms with van der Waals surface area (Å²) in [6.07, 6.45) is 0.746. The summed E-state index contributed by atoms with van der Waals surface area (Å²) in [6.45, 7) is 5.18. The van der Waals surface area contributed by atoms with Gasteiger partial charge in [-0.1, -0.05) is 30.3 Å². The minimum atomic E-state index is -0.687. The number of benzene rings is 2. The smallest absolute Gasteiger partial charge is 0.341 e. The van der Waals surface area contributed by atoms with Crippen molar-refractivity contribution in [3.8, 4) is 11.1 Å². The Morgan fingerprint density at radius 1 is 1.05 bits per heavy atom. The number of carbonyl (C=O) groups is 2. The zero-order valence-electron chi connectivity index (χ0n) is 12.7. The molecule has 0 atom stereocenters. The molecule has 2 aromatic rings. The number of hydrogen-bond acceptors (Lipinski definition) is 3. The highest BCUT2D eigenvalue weighted by atomic mass is 19.1. The molecule has 0 unspecified atom stereocenters. The van der Waals surface area contributed by atoms with E-state index in [1.807, 2.05) is 0 Å². The van der Waals surface area contributed by atoms with Crippen LogP contribution in [0.15, 0.2) is 42.5 Å². The molecule has 0 radical (unpaired) electrons. The van der Waals surface area contributed by atoms with E-state index in [1.165, 1.54) is 12.1 Å². The Kier molecular flexibility index (Phi) is 4.40. The summed E-state index contributed by atoms with van der Waals surface area (Å²) in [5, 5.41) is 0. The van der Waals surface area contributed by atoms with Crippen molar-refractivity contribution in [3.63, 3.8) is 0 Å². The molecule has 0 aliphatic rings.